The van der Waals surface area contributed by atoms with Gasteiger partial charge in [0, 0.05) is 0 Å². The van der Waals surface area contributed by atoms with Crippen LogP contribution in [-0.4, -0.2) is 4.98 Å². The fourth-order valence-electron chi connectivity index (χ4n) is 0.350. The molecule has 0 aliphatic carbocycles. The van der Waals surface area contributed by atoms with Gasteiger partial charge in [-0.05, 0) is 15.9 Å². The summed E-state index contributed by atoms with van der Waals surface area (Å²) in [7, 11) is 0. The molecule has 0 saturated carbocycles. The highest BCUT2D eigenvalue weighted by atomic mass is 79.9. The Morgan fingerprint density at radius 1 is 1.88 bits per heavy atom. The third-order valence-electron chi connectivity index (χ3n) is 0.640. The molecule has 1 rings (SSSR count). The highest BCUT2D eigenvalue weighted by Crippen LogP contribution is 2.11. The predicted octanol–water partition coefficient (Wildman–Crippen LogP) is 2.18. The van der Waals surface area contributed by atoms with Crippen molar-refractivity contribution in [1.29, 1.82) is 0 Å². The monoisotopic (exact) mass is 195 g/mol. The van der Waals surface area contributed by atoms with Crippen LogP contribution in [-0.2, 0) is 5.88 Å². The van der Waals surface area contributed by atoms with Gasteiger partial charge in [-0.25, -0.2) is 4.98 Å². The van der Waals surface area contributed by atoms with Gasteiger partial charge in [0.15, 0.2) is 4.67 Å². The molecule has 1 aromatic heterocycles. The summed E-state index contributed by atoms with van der Waals surface area (Å²) in [6, 6.07) is 0. The summed E-state index contributed by atoms with van der Waals surface area (Å²) in [6.45, 7) is 0. The summed E-state index contributed by atoms with van der Waals surface area (Å²) in [6.07, 6.45) is 1.57. The lowest BCUT2D eigenvalue weighted by atomic mass is 10.8. The molecule has 0 aliphatic rings. The topological polar surface area (TPSA) is 26.0 Å². The van der Waals surface area contributed by atoms with E-state index in [-0.39, 0.29) is 0 Å². The second-order valence-electron chi connectivity index (χ2n) is 1.19. The Balaban J connectivity index is 2.84. The van der Waals surface area contributed by atoms with Crippen LogP contribution in [0.2, 0.25) is 0 Å². The fourth-order valence-corrected chi connectivity index (χ4v) is 0.763. The van der Waals surface area contributed by atoms with Gasteiger partial charge in [0.05, 0.1) is 12.1 Å². The molecular weight excluding hydrogens is 193 g/mol. The minimum absolute atomic E-state index is 0.325. The molecular formula is C4H3BrClNO. The lowest BCUT2D eigenvalue weighted by molar-refractivity contribution is 0.494. The Bertz CT molecular complexity index is 176. The normalized spacial score (nSPS) is 9.75. The van der Waals surface area contributed by atoms with Crippen molar-refractivity contribution in [3.05, 3.63) is 16.8 Å². The number of hydrogen-bond acceptors (Lipinski definition) is 2. The van der Waals surface area contributed by atoms with Gasteiger partial charge in [-0.2, -0.15) is 0 Å². The van der Waals surface area contributed by atoms with Gasteiger partial charge < -0.3 is 4.42 Å². The molecule has 0 radical (unpaired) electrons. The van der Waals surface area contributed by atoms with Crippen LogP contribution < -0.4 is 0 Å². The maximum Gasteiger partial charge on any atom is 0.210 e. The highest BCUT2D eigenvalue weighted by molar-refractivity contribution is 9.10. The van der Waals surface area contributed by atoms with Crippen molar-refractivity contribution in [1.82, 2.24) is 4.98 Å². The number of hydrogen-bond donors (Lipinski definition) is 0. The number of oxazole rings is 1. The largest absolute Gasteiger partial charge is 0.433 e. The van der Waals surface area contributed by atoms with Crippen LogP contribution in [0.25, 0.3) is 0 Å². The average molecular weight is 196 g/mol. The van der Waals surface area contributed by atoms with Crippen molar-refractivity contribution in [3.63, 3.8) is 0 Å². The molecule has 4 heteroatoms. The van der Waals surface area contributed by atoms with E-state index in [9.17, 15) is 0 Å². The first kappa shape index (κ1) is 6.11. The first-order valence-corrected chi connectivity index (χ1v) is 3.32. The summed E-state index contributed by atoms with van der Waals surface area (Å²) in [5, 5.41) is 0. The molecule has 0 aliphatic heterocycles. The summed E-state index contributed by atoms with van der Waals surface area (Å²) >= 11 is 8.45. The minimum Gasteiger partial charge on any atom is -0.433 e. The summed E-state index contributed by atoms with van der Waals surface area (Å²) in [5.41, 5.74) is 0. The molecule has 0 N–H and O–H groups in total. The van der Waals surface area contributed by atoms with Gasteiger partial charge >= 0.3 is 0 Å². The Kier molecular flexibility index (Phi) is 1.91. The van der Waals surface area contributed by atoms with Crippen LogP contribution in [0.3, 0.4) is 0 Å². The van der Waals surface area contributed by atoms with Gasteiger partial charge in [-0.15, -0.1) is 11.6 Å². The molecule has 1 heterocycles. The van der Waals surface area contributed by atoms with Crippen molar-refractivity contribution >= 4 is 27.5 Å². The standard InChI is InChI=1S/C4H3BrClNO/c5-3-2-7-4(1-6)8-3/h2H,1H2. The lowest BCUT2D eigenvalue weighted by Crippen LogP contribution is -1.70. The molecule has 0 atom stereocenters. The Morgan fingerprint density at radius 3 is 2.88 bits per heavy atom. The van der Waals surface area contributed by atoms with Crippen molar-refractivity contribution in [2.45, 2.75) is 5.88 Å². The minimum atomic E-state index is 0.325. The first-order chi connectivity index (χ1) is 3.83. The van der Waals surface area contributed by atoms with E-state index in [4.69, 9.17) is 16.0 Å². The third kappa shape index (κ3) is 1.23. The van der Waals surface area contributed by atoms with Crippen molar-refractivity contribution < 1.29 is 4.42 Å². The molecule has 2 nitrogen and oxygen atoms in total. The number of rotatable bonds is 1. The number of alkyl halides is 1. The number of nitrogens with zero attached hydrogens (tertiary/aromatic N) is 1. The van der Waals surface area contributed by atoms with Crippen LogP contribution >= 0.6 is 27.5 Å². The molecule has 0 bridgehead atoms. The molecule has 0 fully saturated rings. The first-order valence-electron chi connectivity index (χ1n) is 1.99. The SMILES string of the molecule is ClCc1ncc(Br)o1. The van der Waals surface area contributed by atoms with E-state index < -0.39 is 0 Å². The second kappa shape index (κ2) is 2.51. The predicted molar refractivity (Wildman–Crippen MR) is 33.8 cm³/mol. The van der Waals surface area contributed by atoms with Crippen LogP contribution in [0.1, 0.15) is 5.89 Å². The second-order valence-corrected chi connectivity index (χ2v) is 2.24. The van der Waals surface area contributed by atoms with Gasteiger partial charge in [-0.1, -0.05) is 0 Å². The molecule has 44 valence electrons. The molecule has 1 aromatic rings. The molecule has 0 spiro atoms. The highest BCUT2D eigenvalue weighted by Gasteiger charge is 1.95. The van der Waals surface area contributed by atoms with Gasteiger partial charge in [0.25, 0.3) is 0 Å². The van der Waals surface area contributed by atoms with Crippen LogP contribution in [0, 0.1) is 0 Å². The Hall–Kier alpha value is -0.0200. The summed E-state index contributed by atoms with van der Waals surface area (Å²) < 4.78 is 5.52. The van der Waals surface area contributed by atoms with Crippen molar-refractivity contribution in [2.24, 2.45) is 0 Å². The zero-order valence-electron chi connectivity index (χ0n) is 3.90. The van der Waals surface area contributed by atoms with Gasteiger partial charge in [0.1, 0.15) is 0 Å². The van der Waals surface area contributed by atoms with Crippen LogP contribution in [0.15, 0.2) is 15.3 Å². The van der Waals surface area contributed by atoms with Gasteiger partial charge in [-0.3, -0.25) is 0 Å². The number of aromatic nitrogens is 1. The van der Waals surface area contributed by atoms with E-state index in [2.05, 4.69) is 20.9 Å². The fraction of sp³-hybridized carbons (Fsp3) is 0.250. The quantitative estimate of drug-likeness (QED) is 0.644. The Morgan fingerprint density at radius 2 is 2.62 bits per heavy atom. The van der Waals surface area contributed by atoms with E-state index in [1.807, 2.05) is 0 Å². The van der Waals surface area contributed by atoms with Gasteiger partial charge in [0.2, 0.25) is 5.89 Å². The molecule has 0 amide bonds. The van der Waals surface area contributed by atoms with E-state index >= 15 is 0 Å². The van der Waals surface area contributed by atoms with Crippen LogP contribution in [0.5, 0.6) is 0 Å². The molecule has 8 heavy (non-hydrogen) atoms. The zero-order chi connectivity index (χ0) is 5.98. The van der Waals surface area contributed by atoms with Crippen molar-refractivity contribution in [2.75, 3.05) is 0 Å². The summed E-state index contributed by atoms with van der Waals surface area (Å²) in [4.78, 5) is 3.79. The zero-order valence-corrected chi connectivity index (χ0v) is 6.24. The lowest BCUT2D eigenvalue weighted by Gasteiger charge is -1.77. The van der Waals surface area contributed by atoms with Crippen LogP contribution in [0.4, 0.5) is 0 Å². The number of halogens is 2. The van der Waals surface area contributed by atoms with E-state index in [1.165, 1.54) is 0 Å². The smallest absolute Gasteiger partial charge is 0.210 e. The Labute approximate surface area is 60.0 Å². The molecule has 0 saturated heterocycles. The van der Waals surface area contributed by atoms with Crippen molar-refractivity contribution in [3.8, 4) is 0 Å². The molecule has 0 unspecified atom stereocenters. The van der Waals surface area contributed by atoms with E-state index in [0.29, 0.717) is 16.4 Å². The van der Waals surface area contributed by atoms with E-state index in [0.717, 1.165) is 0 Å². The third-order valence-corrected chi connectivity index (χ3v) is 1.23. The maximum absolute atomic E-state index is 5.36. The average Bonchev–Trinajstić information content (AvgIpc) is 2.14. The molecule has 0 aromatic carbocycles. The maximum atomic E-state index is 5.36. The summed E-state index contributed by atoms with van der Waals surface area (Å²) in [5.74, 6) is 0.865. The van der Waals surface area contributed by atoms with E-state index in [1.54, 1.807) is 6.20 Å².